The van der Waals surface area contributed by atoms with Gasteiger partial charge in [0.1, 0.15) is 6.33 Å². The molecule has 2 N–H and O–H groups in total. The maximum atomic E-state index is 12.5. The van der Waals surface area contributed by atoms with Crippen LogP contribution < -0.4 is 25.1 Å². The predicted octanol–water partition coefficient (Wildman–Crippen LogP) is 3.04. The number of hydrogen-bond donors (Lipinski definition) is 2. The third kappa shape index (κ3) is 5.33. The average Bonchev–Trinajstić information content (AvgIpc) is 3.24. The number of nitrogens with one attached hydrogen (secondary N) is 2. The third-order valence-corrected chi connectivity index (χ3v) is 5.70. The van der Waals surface area contributed by atoms with E-state index >= 15 is 0 Å². The maximum Gasteiger partial charge on any atom is 0.269 e. The molecule has 3 rings (SSSR count). The Labute approximate surface area is 190 Å². The predicted molar refractivity (Wildman–Crippen MR) is 123 cm³/mol. The SMILES string of the molecule is C=C(NNC(=O)c1ccc(CSc2nncn2C)cc1)c1cc(OC)c(OC)c(OC)c1. The van der Waals surface area contributed by atoms with Crippen LogP contribution in [0.25, 0.3) is 5.70 Å². The molecule has 168 valence electrons. The Kier molecular flexibility index (Phi) is 7.61. The van der Waals surface area contributed by atoms with E-state index in [1.807, 2.05) is 23.7 Å². The molecule has 0 aliphatic rings. The number of aromatic nitrogens is 3. The van der Waals surface area contributed by atoms with Crippen molar-refractivity contribution in [2.24, 2.45) is 7.05 Å². The zero-order chi connectivity index (χ0) is 23.1. The minimum atomic E-state index is -0.286. The number of ether oxygens (including phenoxy) is 3. The number of aryl methyl sites for hydroxylation is 1. The monoisotopic (exact) mass is 455 g/mol. The smallest absolute Gasteiger partial charge is 0.269 e. The van der Waals surface area contributed by atoms with Crippen molar-refractivity contribution < 1.29 is 19.0 Å². The van der Waals surface area contributed by atoms with Crippen molar-refractivity contribution in [2.45, 2.75) is 10.9 Å². The number of amides is 1. The summed E-state index contributed by atoms with van der Waals surface area (Å²) in [6, 6.07) is 10.8. The van der Waals surface area contributed by atoms with Crippen LogP contribution >= 0.6 is 11.8 Å². The summed E-state index contributed by atoms with van der Waals surface area (Å²) in [5.41, 5.74) is 8.22. The molecule has 3 aromatic rings. The first-order valence-electron chi connectivity index (χ1n) is 9.58. The Morgan fingerprint density at radius 2 is 1.69 bits per heavy atom. The standard InChI is InChI=1S/C22H25N5O4S/c1-14(17-10-18(29-3)20(31-5)19(11-17)30-4)24-25-21(28)16-8-6-15(7-9-16)12-32-22-26-23-13-27(22)2/h6-11,13,24H,1,12H2,2-5H3,(H,25,28). The highest BCUT2D eigenvalue weighted by Crippen LogP contribution is 2.39. The van der Waals surface area contributed by atoms with Crippen LogP contribution in [-0.4, -0.2) is 42.0 Å². The number of rotatable bonds is 10. The number of carbonyl (C=O) groups is 1. The van der Waals surface area contributed by atoms with Gasteiger partial charge in [0.05, 0.1) is 27.0 Å². The number of thioether (sulfide) groups is 1. The lowest BCUT2D eigenvalue weighted by Gasteiger charge is -2.16. The van der Waals surface area contributed by atoms with Crippen LogP contribution in [0.15, 0.2) is 54.5 Å². The van der Waals surface area contributed by atoms with E-state index < -0.39 is 0 Å². The topological polar surface area (TPSA) is 99.5 Å². The van der Waals surface area contributed by atoms with Gasteiger partial charge in [0, 0.05) is 23.9 Å². The molecule has 0 saturated heterocycles. The molecule has 0 aliphatic heterocycles. The summed E-state index contributed by atoms with van der Waals surface area (Å²) < 4.78 is 17.9. The van der Waals surface area contributed by atoms with Gasteiger partial charge in [0.15, 0.2) is 16.7 Å². The fourth-order valence-electron chi connectivity index (χ4n) is 2.84. The van der Waals surface area contributed by atoms with Crippen LogP contribution in [0.5, 0.6) is 17.2 Å². The van der Waals surface area contributed by atoms with Gasteiger partial charge >= 0.3 is 0 Å². The molecule has 1 amide bonds. The van der Waals surface area contributed by atoms with Gasteiger partial charge < -0.3 is 18.8 Å². The Hall–Kier alpha value is -3.66. The Bertz CT molecular complexity index is 1070. The van der Waals surface area contributed by atoms with Crippen LogP contribution in [0.4, 0.5) is 0 Å². The highest BCUT2D eigenvalue weighted by atomic mass is 32.2. The molecule has 0 bridgehead atoms. The molecule has 10 heteroatoms. The van der Waals surface area contributed by atoms with E-state index in [0.29, 0.717) is 34.1 Å². The van der Waals surface area contributed by atoms with Crippen molar-refractivity contribution in [3.63, 3.8) is 0 Å². The summed E-state index contributed by atoms with van der Waals surface area (Å²) in [7, 11) is 6.50. The fraction of sp³-hybridized carbons (Fsp3) is 0.227. The van der Waals surface area contributed by atoms with Crippen molar-refractivity contribution in [2.75, 3.05) is 21.3 Å². The zero-order valence-corrected chi connectivity index (χ0v) is 19.2. The summed E-state index contributed by atoms with van der Waals surface area (Å²) in [6.45, 7) is 3.97. The van der Waals surface area contributed by atoms with Crippen LogP contribution in [-0.2, 0) is 12.8 Å². The number of nitrogens with zero attached hydrogens (tertiary/aromatic N) is 3. The highest BCUT2D eigenvalue weighted by Gasteiger charge is 2.15. The number of benzene rings is 2. The lowest BCUT2D eigenvalue weighted by atomic mass is 10.1. The molecule has 0 fully saturated rings. The quantitative estimate of drug-likeness (QED) is 0.356. The van der Waals surface area contributed by atoms with E-state index in [1.165, 1.54) is 21.3 Å². The first-order valence-corrected chi connectivity index (χ1v) is 10.6. The van der Waals surface area contributed by atoms with E-state index in [1.54, 1.807) is 42.4 Å². The lowest BCUT2D eigenvalue weighted by Crippen LogP contribution is -2.35. The molecular formula is C22H25N5O4S. The number of hydrazine groups is 1. The van der Waals surface area contributed by atoms with Crippen molar-refractivity contribution in [3.05, 3.63) is 66.0 Å². The molecule has 32 heavy (non-hydrogen) atoms. The first-order chi connectivity index (χ1) is 15.5. The molecule has 2 aromatic carbocycles. The van der Waals surface area contributed by atoms with Gasteiger partial charge in [0.25, 0.3) is 5.91 Å². The second-order valence-corrected chi connectivity index (χ2v) is 7.62. The number of hydrogen-bond acceptors (Lipinski definition) is 8. The van der Waals surface area contributed by atoms with Gasteiger partial charge in [-0.1, -0.05) is 30.5 Å². The Morgan fingerprint density at radius 3 is 2.22 bits per heavy atom. The minimum absolute atomic E-state index is 0.286. The Morgan fingerprint density at radius 1 is 1.03 bits per heavy atom. The molecule has 0 spiro atoms. The largest absolute Gasteiger partial charge is 0.493 e. The van der Waals surface area contributed by atoms with E-state index in [9.17, 15) is 4.79 Å². The maximum absolute atomic E-state index is 12.5. The number of carbonyl (C=O) groups excluding carboxylic acids is 1. The average molecular weight is 456 g/mol. The second-order valence-electron chi connectivity index (χ2n) is 6.68. The van der Waals surface area contributed by atoms with Crippen molar-refractivity contribution in [1.29, 1.82) is 0 Å². The summed E-state index contributed by atoms with van der Waals surface area (Å²) in [4.78, 5) is 12.5. The summed E-state index contributed by atoms with van der Waals surface area (Å²) >= 11 is 1.58. The van der Waals surface area contributed by atoms with E-state index in [0.717, 1.165) is 16.5 Å². The van der Waals surface area contributed by atoms with E-state index in [2.05, 4.69) is 27.6 Å². The molecule has 0 aliphatic carbocycles. The van der Waals surface area contributed by atoms with Crippen molar-refractivity contribution in [1.82, 2.24) is 25.6 Å². The molecule has 1 aromatic heterocycles. The molecule has 0 atom stereocenters. The summed E-state index contributed by atoms with van der Waals surface area (Å²) in [5, 5.41) is 8.74. The summed E-state index contributed by atoms with van der Waals surface area (Å²) in [6.07, 6.45) is 1.66. The molecule has 0 saturated carbocycles. The Balaban J connectivity index is 1.59. The zero-order valence-electron chi connectivity index (χ0n) is 18.3. The van der Waals surface area contributed by atoms with Crippen LogP contribution in [0.2, 0.25) is 0 Å². The lowest BCUT2D eigenvalue weighted by molar-refractivity contribution is 0.0942. The fourth-order valence-corrected chi connectivity index (χ4v) is 3.68. The second kappa shape index (κ2) is 10.6. The van der Waals surface area contributed by atoms with Gasteiger partial charge in [0.2, 0.25) is 5.75 Å². The van der Waals surface area contributed by atoms with Crippen LogP contribution in [0.1, 0.15) is 21.5 Å². The van der Waals surface area contributed by atoms with Gasteiger partial charge in [-0.3, -0.25) is 15.6 Å². The van der Waals surface area contributed by atoms with Gasteiger partial charge in [-0.05, 0) is 29.8 Å². The van der Waals surface area contributed by atoms with Crippen LogP contribution in [0.3, 0.4) is 0 Å². The van der Waals surface area contributed by atoms with E-state index in [-0.39, 0.29) is 5.91 Å². The normalized spacial score (nSPS) is 10.4. The molecule has 0 unspecified atom stereocenters. The van der Waals surface area contributed by atoms with Gasteiger partial charge in [-0.2, -0.15) is 0 Å². The van der Waals surface area contributed by atoms with Crippen molar-refractivity contribution in [3.8, 4) is 17.2 Å². The van der Waals surface area contributed by atoms with Gasteiger partial charge in [-0.15, -0.1) is 10.2 Å². The molecule has 0 radical (unpaired) electrons. The third-order valence-electron chi connectivity index (χ3n) is 4.59. The van der Waals surface area contributed by atoms with Crippen LogP contribution in [0, 0.1) is 0 Å². The first kappa shape index (κ1) is 23.0. The van der Waals surface area contributed by atoms with E-state index in [4.69, 9.17) is 14.2 Å². The van der Waals surface area contributed by atoms with Gasteiger partial charge in [-0.25, -0.2) is 0 Å². The minimum Gasteiger partial charge on any atom is -0.493 e. The van der Waals surface area contributed by atoms with Crippen molar-refractivity contribution >= 4 is 23.4 Å². The highest BCUT2D eigenvalue weighted by molar-refractivity contribution is 7.98. The summed E-state index contributed by atoms with van der Waals surface area (Å²) in [5.74, 6) is 1.90. The number of methoxy groups -OCH3 is 3. The molecule has 9 nitrogen and oxygen atoms in total. The molecular weight excluding hydrogens is 430 g/mol. The molecule has 1 heterocycles.